The van der Waals surface area contributed by atoms with Crippen molar-refractivity contribution in [3.8, 4) is 0 Å². The van der Waals surface area contributed by atoms with Gasteiger partial charge < -0.3 is 5.32 Å². The maximum absolute atomic E-state index is 11.7. The minimum atomic E-state index is 0.0550. The van der Waals surface area contributed by atoms with Crippen molar-refractivity contribution in [3.05, 3.63) is 28.2 Å². The van der Waals surface area contributed by atoms with E-state index in [1.54, 1.807) is 13.2 Å². The Hall–Kier alpha value is -1.16. The van der Waals surface area contributed by atoms with Crippen LogP contribution in [0, 0.1) is 0 Å². The third-order valence-electron chi connectivity index (χ3n) is 2.81. The molecule has 1 fully saturated rings. The fraction of sp³-hybridized carbons (Fsp3) is 0.600. The van der Waals surface area contributed by atoms with E-state index in [1.165, 1.54) is 4.68 Å². The van der Waals surface area contributed by atoms with Crippen molar-refractivity contribution in [1.82, 2.24) is 15.1 Å². The molecule has 1 aliphatic rings. The number of aromatic nitrogens is 2. The first-order valence-electron chi connectivity index (χ1n) is 5.02. The highest BCUT2D eigenvalue weighted by Gasteiger charge is 2.18. The van der Waals surface area contributed by atoms with Crippen molar-refractivity contribution in [1.29, 1.82) is 0 Å². The van der Waals surface area contributed by atoms with Gasteiger partial charge >= 0.3 is 0 Å². The molecule has 0 radical (unpaired) electrons. The van der Waals surface area contributed by atoms with Gasteiger partial charge in [-0.3, -0.25) is 4.79 Å². The monoisotopic (exact) mass is 193 g/mol. The molecule has 76 valence electrons. The molecule has 4 nitrogen and oxygen atoms in total. The van der Waals surface area contributed by atoms with Crippen molar-refractivity contribution in [3.63, 3.8) is 0 Å². The molecule has 1 aliphatic heterocycles. The summed E-state index contributed by atoms with van der Waals surface area (Å²) in [4.78, 5) is 11.7. The normalized spacial score (nSPS) is 18.4. The maximum atomic E-state index is 11.7. The number of aryl methyl sites for hydroxylation is 1. The second-order valence-electron chi connectivity index (χ2n) is 3.74. The molecule has 1 saturated heterocycles. The highest BCUT2D eigenvalue weighted by molar-refractivity contribution is 5.14. The molecule has 1 aromatic rings. The molecule has 0 saturated carbocycles. The van der Waals surface area contributed by atoms with E-state index in [2.05, 4.69) is 10.4 Å². The van der Waals surface area contributed by atoms with Gasteiger partial charge in [-0.1, -0.05) is 0 Å². The third-order valence-corrected chi connectivity index (χ3v) is 2.81. The van der Waals surface area contributed by atoms with Gasteiger partial charge in [-0.2, -0.15) is 5.10 Å². The van der Waals surface area contributed by atoms with Gasteiger partial charge in [0.15, 0.2) is 0 Å². The summed E-state index contributed by atoms with van der Waals surface area (Å²) in [5, 5.41) is 7.22. The predicted molar refractivity (Wildman–Crippen MR) is 54.3 cm³/mol. The van der Waals surface area contributed by atoms with Gasteiger partial charge in [0.05, 0.1) is 0 Å². The second-order valence-corrected chi connectivity index (χ2v) is 3.74. The molecule has 0 amide bonds. The summed E-state index contributed by atoms with van der Waals surface area (Å²) in [6.07, 6.45) is 3.82. The van der Waals surface area contributed by atoms with Gasteiger partial charge in [-0.15, -0.1) is 0 Å². The summed E-state index contributed by atoms with van der Waals surface area (Å²) in [6, 6.07) is 1.86. The lowest BCUT2D eigenvalue weighted by atomic mass is 9.91. The second kappa shape index (κ2) is 3.92. The Morgan fingerprint density at radius 1 is 1.50 bits per heavy atom. The first-order valence-corrected chi connectivity index (χ1v) is 5.02. The van der Waals surface area contributed by atoms with Crippen LogP contribution in [0.15, 0.2) is 17.1 Å². The lowest BCUT2D eigenvalue weighted by Gasteiger charge is -2.22. The Kier molecular flexibility index (Phi) is 2.63. The van der Waals surface area contributed by atoms with Gasteiger partial charge in [0, 0.05) is 18.8 Å². The zero-order chi connectivity index (χ0) is 9.97. The smallest absolute Gasteiger partial charge is 0.269 e. The van der Waals surface area contributed by atoms with Crippen LogP contribution in [0.5, 0.6) is 0 Å². The highest BCUT2D eigenvalue weighted by Crippen LogP contribution is 2.21. The van der Waals surface area contributed by atoms with Gasteiger partial charge in [-0.25, -0.2) is 4.68 Å². The number of rotatable bonds is 1. The Bertz CT molecular complexity index is 366. The zero-order valence-electron chi connectivity index (χ0n) is 8.36. The summed E-state index contributed by atoms with van der Waals surface area (Å²) in [6.45, 7) is 2.02. The summed E-state index contributed by atoms with van der Waals surface area (Å²) in [7, 11) is 1.70. The number of piperidine rings is 1. The number of hydrogen-bond donors (Lipinski definition) is 1. The lowest BCUT2D eigenvalue weighted by molar-refractivity contribution is 0.453. The van der Waals surface area contributed by atoms with Crippen molar-refractivity contribution >= 4 is 0 Å². The molecule has 2 heterocycles. The van der Waals surface area contributed by atoms with E-state index in [0.717, 1.165) is 31.5 Å². The molecule has 14 heavy (non-hydrogen) atoms. The molecule has 0 atom stereocenters. The molecular weight excluding hydrogens is 178 g/mol. The average Bonchev–Trinajstić information content (AvgIpc) is 2.23. The van der Waals surface area contributed by atoms with Crippen LogP contribution in [0.25, 0.3) is 0 Å². The molecular formula is C10H15N3O. The van der Waals surface area contributed by atoms with Crippen LogP contribution in [0.3, 0.4) is 0 Å². The molecule has 4 heteroatoms. The lowest BCUT2D eigenvalue weighted by Crippen LogP contribution is -2.31. The van der Waals surface area contributed by atoms with Gasteiger partial charge in [0.2, 0.25) is 0 Å². The van der Waals surface area contributed by atoms with Gasteiger partial charge in [0.25, 0.3) is 5.56 Å². The van der Waals surface area contributed by atoms with Crippen molar-refractivity contribution in [2.24, 2.45) is 7.05 Å². The first-order chi connectivity index (χ1) is 6.79. The van der Waals surface area contributed by atoms with Crippen molar-refractivity contribution < 1.29 is 0 Å². The fourth-order valence-corrected chi connectivity index (χ4v) is 1.97. The Morgan fingerprint density at radius 2 is 2.21 bits per heavy atom. The summed E-state index contributed by atoms with van der Waals surface area (Å²) in [5.74, 6) is 0.415. The number of nitrogens with one attached hydrogen (secondary N) is 1. The van der Waals surface area contributed by atoms with E-state index >= 15 is 0 Å². The quantitative estimate of drug-likeness (QED) is 0.695. The maximum Gasteiger partial charge on any atom is 0.269 e. The molecule has 0 spiro atoms. The molecule has 1 aromatic heterocycles. The van der Waals surface area contributed by atoms with Gasteiger partial charge in [-0.05, 0) is 37.9 Å². The van der Waals surface area contributed by atoms with E-state index < -0.39 is 0 Å². The number of nitrogens with zero attached hydrogens (tertiary/aromatic N) is 2. The number of hydrogen-bond acceptors (Lipinski definition) is 3. The zero-order valence-corrected chi connectivity index (χ0v) is 8.36. The van der Waals surface area contributed by atoms with Crippen LogP contribution in [0.4, 0.5) is 0 Å². The summed E-state index contributed by atoms with van der Waals surface area (Å²) < 4.78 is 1.41. The van der Waals surface area contributed by atoms with Gasteiger partial charge in [0.1, 0.15) is 0 Å². The summed E-state index contributed by atoms with van der Waals surface area (Å²) >= 11 is 0. The summed E-state index contributed by atoms with van der Waals surface area (Å²) in [5.41, 5.74) is 0.975. The molecule has 0 aromatic carbocycles. The molecule has 1 N–H and O–H groups in total. The van der Waals surface area contributed by atoms with Crippen LogP contribution in [-0.2, 0) is 7.05 Å². The van der Waals surface area contributed by atoms with Crippen LogP contribution >= 0.6 is 0 Å². The van der Waals surface area contributed by atoms with E-state index in [9.17, 15) is 4.79 Å². The standard InChI is InChI=1S/C10H15N3O/c1-13-10(14)9(4-7-12-13)8-2-5-11-6-3-8/h4,7-8,11H,2-3,5-6H2,1H3. The van der Waals surface area contributed by atoms with Crippen LogP contribution in [0.2, 0.25) is 0 Å². The Morgan fingerprint density at radius 3 is 2.93 bits per heavy atom. The highest BCUT2D eigenvalue weighted by atomic mass is 16.1. The average molecular weight is 193 g/mol. The largest absolute Gasteiger partial charge is 0.317 e. The van der Waals surface area contributed by atoms with Crippen LogP contribution in [0.1, 0.15) is 24.3 Å². The SMILES string of the molecule is Cn1nccc(C2CCNCC2)c1=O. The van der Waals surface area contributed by atoms with Crippen LogP contribution in [-0.4, -0.2) is 22.9 Å². The van der Waals surface area contributed by atoms with Crippen molar-refractivity contribution in [2.45, 2.75) is 18.8 Å². The minimum Gasteiger partial charge on any atom is -0.317 e. The molecule has 2 rings (SSSR count). The minimum absolute atomic E-state index is 0.0550. The Balaban J connectivity index is 2.31. The van der Waals surface area contributed by atoms with Crippen LogP contribution < -0.4 is 10.9 Å². The Labute approximate surface area is 82.9 Å². The van der Waals surface area contributed by atoms with E-state index in [0.29, 0.717) is 5.92 Å². The molecule has 0 unspecified atom stereocenters. The van der Waals surface area contributed by atoms with E-state index in [4.69, 9.17) is 0 Å². The van der Waals surface area contributed by atoms with E-state index in [-0.39, 0.29) is 5.56 Å². The topological polar surface area (TPSA) is 46.9 Å². The predicted octanol–water partition coefficient (Wildman–Crippen LogP) is 0.247. The third kappa shape index (κ3) is 1.70. The first kappa shape index (κ1) is 9.40. The van der Waals surface area contributed by atoms with E-state index in [1.807, 2.05) is 6.07 Å². The fourth-order valence-electron chi connectivity index (χ4n) is 1.97. The van der Waals surface area contributed by atoms with Crippen molar-refractivity contribution in [2.75, 3.05) is 13.1 Å². The molecule has 0 aliphatic carbocycles. The molecule has 0 bridgehead atoms.